The Bertz CT molecular complexity index is 477. The Labute approximate surface area is 127 Å². The summed E-state index contributed by atoms with van der Waals surface area (Å²) in [6.07, 6.45) is 0.890. The van der Waals surface area contributed by atoms with E-state index in [-0.39, 0.29) is 12.0 Å². The number of nitrogens with one attached hydrogen (secondary N) is 1. The zero-order valence-corrected chi connectivity index (χ0v) is 13.7. The molecule has 0 amide bonds. The molecule has 0 aliphatic carbocycles. The summed E-state index contributed by atoms with van der Waals surface area (Å²) in [6, 6.07) is 5.33. The molecule has 2 N–H and O–H groups in total. The molecule has 0 fully saturated rings. The highest BCUT2D eigenvalue weighted by Gasteiger charge is 2.22. The van der Waals surface area contributed by atoms with Crippen LogP contribution in [0.3, 0.4) is 0 Å². The minimum absolute atomic E-state index is 0.0447. The third-order valence-electron chi connectivity index (χ3n) is 3.29. The molecule has 0 saturated carbocycles. The first-order valence-electron chi connectivity index (χ1n) is 7.45. The topological polar surface area (TPSA) is 58.6 Å². The summed E-state index contributed by atoms with van der Waals surface area (Å²) >= 11 is 0. The van der Waals surface area contributed by atoms with Crippen LogP contribution in [0.15, 0.2) is 18.2 Å². The number of ether oxygens (including phenoxy) is 1. The number of hydrogen-bond donors (Lipinski definition) is 2. The predicted molar refractivity (Wildman–Crippen MR) is 85.1 cm³/mol. The van der Waals surface area contributed by atoms with Crippen LogP contribution < -0.4 is 10.1 Å². The van der Waals surface area contributed by atoms with Gasteiger partial charge in [0.1, 0.15) is 18.4 Å². The first-order chi connectivity index (χ1) is 9.75. The molecule has 118 valence electrons. The van der Waals surface area contributed by atoms with Crippen molar-refractivity contribution in [3.8, 4) is 5.75 Å². The van der Waals surface area contributed by atoms with E-state index in [1.54, 1.807) is 0 Å². The fourth-order valence-corrected chi connectivity index (χ4v) is 2.06. The molecule has 21 heavy (non-hydrogen) atoms. The summed E-state index contributed by atoms with van der Waals surface area (Å²) in [6.45, 7) is 11.2. The number of benzene rings is 1. The van der Waals surface area contributed by atoms with Crippen LogP contribution in [0.1, 0.15) is 45.2 Å². The zero-order valence-electron chi connectivity index (χ0n) is 13.7. The SMILES string of the molecule is CCCNC(COc1ccc(C)cc1C(C)(C)C)C(=O)O. The van der Waals surface area contributed by atoms with E-state index in [2.05, 4.69) is 32.2 Å². The van der Waals surface area contributed by atoms with Gasteiger partial charge in [-0.3, -0.25) is 4.79 Å². The second kappa shape index (κ2) is 7.46. The molecular formula is C17H27NO3. The summed E-state index contributed by atoms with van der Waals surface area (Å²) in [5, 5.41) is 12.2. The summed E-state index contributed by atoms with van der Waals surface area (Å²) in [7, 11) is 0. The van der Waals surface area contributed by atoms with E-state index in [9.17, 15) is 9.90 Å². The summed E-state index contributed by atoms with van der Waals surface area (Å²) in [5.74, 6) is -0.120. The maximum absolute atomic E-state index is 11.2. The van der Waals surface area contributed by atoms with E-state index < -0.39 is 12.0 Å². The van der Waals surface area contributed by atoms with E-state index in [1.807, 2.05) is 26.0 Å². The molecule has 0 radical (unpaired) electrons. The molecule has 1 aromatic carbocycles. The van der Waals surface area contributed by atoms with Crippen molar-refractivity contribution in [2.24, 2.45) is 0 Å². The molecule has 0 saturated heterocycles. The van der Waals surface area contributed by atoms with Gasteiger partial charge in [-0.25, -0.2) is 0 Å². The number of aryl methyl sites for hydroxylation is 1. The Morgan fingerprint density at radius 3 is 2.57 bits per heavy atom. The summed E-state index contributed by atoms with van der Waals surface area (Å²) in [5.41, 5.74) is 2.23. The van der Waals surface area contributed by atoms with Crippen molar-refractivity contribution < 1.29 is 14.6 Å². The van der Waals surface area contributed by atoms with E-state index >= 15 is 0 Å². The fourth-order valence-electron chi connectivity index (χ4n) is 2.06. The summed E-state index contributed by atoms with van der Waals surface area (Å²) in [4.78, 5) is 11.2. The molecule has 0 bridgehead atoms. The molecule has 0 spiro atoms. The predicted octanol–water partition coefficient (Wildman–Crippen LogP) is 3.12. The van der Waals surface area contributed by atoms with Gasteiger partial charge in [-0.15, -0.1) is 0 Å². The minimum atomic E-state index is -0.882. The van der Waals surface area contributed by atoms with Crippen LogP contribution in [0.4, 0.5) is 0 Å². The molecule has 4 heteroatoms. The maximum atomic E-state index is 11.2. The number of rotatable bonds is 7. The molecule has 1 rings (SSSR count). The molecule has 1 atom stereocenters. The molecule has 1 unspecified atom stereocenters. The third kappa shape index (κ3) is 5.38. The quantitative estimate of drug-likeness (QED) is 0.811. The number of carbonyl (C=O) groups is 1. The fraction of sp³-hybridized carbons (Fsp3) is 0.588. The van der Waals surface area contributed by atoms with Crippen molar-refractivity contribution in [3.05, 3.63) is 29.3 Å². The number of carboxylic acids is 1. The lowest BCUT2D eigenvalue weighted by molar-refractivity contribution is -0.140. The zero-order chi connectivity index (χ0) is 16.0. The van der Waals surface area contributed by atoms with Crippen molar-refractivity contribution in [2.75, 3.05) is 13.2 Å². The van der Waals surface area contributed by atoms with Gasteiger partial charge in [0.25, 0.3) is 0 Å². The molecule has 0 aromatic heterocycles. The van der Waals surface area contributed by atoms with Gasteiger partial charge >= 0.3 is 5.97 Å². The number of aliphatic carboxylic acids is 1. The van der Waals surface area contributed by atoms with Gasteiger partial charge < -0.3 is 15.2 Å². The number of hydrogen-bond acceptors (Lipinski definition) is 3. The van der Waals surface area contributed by atoms with Crippen LogP contribution in [0.2, 0.25) is 0 Å². The molecule has 1 aromatic rings. The van der Waals surface area contributed by atoms with Gasteiger partial charge in [-0.2, -0.15) is 0 Å². The van der Waals surface area contributed by atoms with E-state index in [4.69, 9.17) is 4.74 Å². The van der Waals surface area contributed by atoms with Gasteiger partial charge in [-0.1, -0.05) is 45.4 Å². The molecule has 0 aliphatic heterocycles. The maximum Gasteiger partial charge on any atom is 0.324 e. The van der Waals surface area contributed by atoms with Gasteiger partial charge in [0.2, 0.25) is 0 Å². The molecular weight excluding hydrogens is 266 g/mol. The lowest BCUT2D eigenvalue weighted by Gasteiger charge is -2.24. The van der Waals surface area contributed by atoms with E-state index in [0.29, 0.717) is 6.54 Å². The van der Waals surface area contributed by atoms with Crippen LogP contribution in [0, 0.1) is 6.92 Å². The average molecular weight is 293 g/mol. The van der Waals surface area contributed by atoms with Crippen LogP contribution in [0.25, 0.3) is 0 Å². The highest BCUT2D eigenvalue weighted by atomic mass is 16.5. The second-order valence-electron chi connectivity index (χ2n) is 6.41. The first kappa shape index (κ1) is 17.5. The van der Waals surface area contributed by atoms with Crippen molar-refractivity contribution in [1.29, 1.82) is 0 Å². The van der Waals surface area contributed by atoms with E-state index in [0.717, 1.165) is 17.7 Å². The van der Waals surface area contributed by atoms with Crippen molar-refractivity contribution in [3.63, 3.8) is 0 Å². The van der Waals surface area contributed by atoms with Crippen molar-refractivity contribution >= 4 is 5.97 Å². The molecule has 0 heterocycles. The smallest absolute Gasteiger partial charge is 0.324 e. The number of carboxylic acid groups (broad SMARTS) is 1. The van der Waals surface area contributed by atoms with Crippen LogP contribution in [-0.4, -0.2) is 30.3 Å². The Hall–Kier alpha value is -1.55. The lowest BCUT2D eigenvalue weighted by atomic mass is 9.85. The Kier molecular flexibility index (Phi) is 6.21. The first-order valence-corrected chi connectivity index (χ1v) is 7.45. The van der Waals surface area contributed by atoms with E-state index in [1.165, 1.54) is 5.56 Å². The monoisotopic (exact) mass is 293 g/mol. The van der Waals surface area contributed by atoms with Gasteiger partial charge in [0, 0.05) is 0 Å². The largest absolute Gasteiger partial charge is 0.491 e. The highest BCUT2D eigenvalue weighted by Crippen LogP contribution is 2.32. The Morgan fingerprint density at radius 2 is 2.05 bits per heavy atom. The standard InChI is InChI=1S/C17H27NO3/c1-6-9-18-14(16(19)20)11-21-15-8-7-12(2)10-13(15)17(3,4)5/h7-8,10,14,18H,6,9,11H2,1-5H3,(H,19,20). The van der Waals surface area contributed by atoms with Crippen molar-refractivity contribution in [1.82, 2.24) is 5.32 Å². The molecule has 0 aliphatic rings. The van der Waals surface area contributed by atoms with Crippen LogP contribution in [-0.2, 0) is 10.2 Å². The minimum Gasteiger partial charge on any atom is -0.491 e. The Balaban J connectivity index is 2.85. The second-order valence-corrected chi connectivity index (χ2v) is 6.41. The van der Waals surface area contributed by atoms with Crippen molar-refractivity contribution in [2.45, 2.75) is 52.5 Å². The van der Waals surface area contributed by atoms with Gasteiger partial charge in [0.05, 0.1) is 0 Å². The average Bonchev–Trinajstić information content (AvgIpc) is 2.38. The lowest BCUT2D eigenvalue weighted by Crippen LogP contribution is -2.42. The highest BCUT2D eigenvalue weighted by molar-refractivity contribution is 5.73. The molecule has 4 nitrogen and oxygen atoms in total. The van der Waals surface area contributed by atoms with Gasteiger partial charge in [0.15, 0.2) is 0 Å². The third-order valence-corrected chi connectivity index (χ3v) is 3.29. The summed E-state index contributed by atoms with van der Waals surface area (Å²) < 4.78 is 5.80. The van der Waals surface area contributed by atoms with Gasteiger partial charge in [-0.05, 0) is 36.9 Å². The van der Waals surface area contributed by atoms with Crippen LogP contribution in [0.5, 0.6) is 5.75 Å². The Morgan fingerprint density at radius 1 is 1.38 bits per heavy atom. The normalized spacial score (nSPS) is 13.0. The van der Waals surface area contributed by atoms with Crippen LogP contribution >= 0.6 is 0 Å².